The Morgan fingerprint density at radius 1 is 0.889 bits per heavy atom. The molecule has 140 valence electrons. The lowest BCUT2D eigenvalue weighted by molar-refractivity contribution is 0.405. The first-order valence-corrected chi connectivity index (χ1v) is 9.23. The quantitative estimate of drug-likeness (QED) is 0.276. The van der Waals surface area contributed by atoms with Crippen molar-refractivity contribution in [3.8, 4) is 0 Å². The van der Waals surface area contributed by atoms with Crippen molar-refractivity contribution >= 4 is 50.5 Å². The van der Waals surface area contributed by atoms with Gasteiger partial charge in [0.05, 0.1) is 5.52 Å². The van der Waals surface area contributed by atoms with Gasteiger partial charge in [0.25, 0.3) is 0 Å². The molecule has 3 aromatic carbocycles. The zero-order chi connectivity index (χ0) is 18.1. The van der Waals surface area contributed by atoms with Crippen LogP contribution in [0, 0.1) is 6.92 Å². The minimum atomic E-state index is 0. The predicted octanol–water partition coefficient (Wildman–Crippen LogP) is 5.64. The third-order valence-electron chi connectivity index (χ3n) is 4.89. The lowest BCUT2D eigenvalue weighted by Gasteiger charge is -2.14. The Bertz CT molecular complexity index is 1090. The predicted molar refractivity (Wildman–Crippen MR) is 120 cm³/mol. The number of rotatable bonds is 5. The van der Waals surface area contributed by atoms with Crippen molar-refractivity contribution in [1.82, 2.24) is 9.88 Å². The van der Waals surface area contributed by atoms with Crippen molar-refractivity contribution in [3.05, 3.63) is 60.3 Å². The first-order valence-electron chi connectivity index (χ1n) is 9.23. The van der Waals surface area contributed by atoms with Crippen molar-refractivity contribution < 1.29 is 0 Å². The number of nitrogens with one attached hydrogen (secondary N) is 1. The van der Waals surface area contributed by atoms with Crippen molar-refractivity contribution in [2.75, 3.05) is 32.5 Å². The van der Waals surface area contributed by atoms with Crippen LogP contribution in [0.3, 0.4) is 0 Å². The van der Waals surface area contributed by atoms with Crippen molar-refractivity contribution in [2.45, 2.75) is 13.3 Å². The molecule has 0 bridgehead atoms. The van der Waals surface area contributed by atoms with E-state index in [1.54, 1.807) is 0 Å². The molecule has 1 aromatic heterocycles. The molecule has 3 nitrogen and oxygen atoms in total. The van der Waals surface area contributed by atoms with E-state index in [2.05, 4.69) is 85.8 Å². The number of hydrogen-bond acceptors (Lipinski definition) is 3. The van der Waals surface area contributed by atoms with Crippen LogP contribution in [0.2, 0.25) is 0 Å². The van der Waals surface area contributed by atoms with E-state index in [0.717, 1.165) is 30.7 Å². The third kappa shape index (κ3) is 4.00. The maximum Gasteiger partial charge on any atom is 0.0804 e. The zero-order valence-electron chi connectivity index (χ0n) is 16.1. The molecule has 0 unspecified atom stereocenters. The van der Waals surface area contributed by atoms with Gasteiger partial charge in [0.1, 0.15) is 0 Å². The number of halogens is 1. The van der Waals surface area contributed by atoms with Gasteiger partial charge in [-0.2, -0.15) is 0 Å². The van der Waals surface area contributed by atoms with Gasteiger partial charge in [-0.1, -0.05) is 36.4 Å². The summed E-state index contributed by atoms with van der Waals surface area (Å²) in [6.07, 6.45) is 1.12. The van der Waals surface area contributed by atoms with Crippen molar-refractivity contribution in [1.29, 1.82) is 0 Å². The lowest BCUT2D eigenvalue weighted by atomic mass is 10.00. The highest BCUT2D eigenvalue weighted by Crippen LogP contribution is 2.32. The number of fused-ring (bicyclic) bond motifs is 4. The van der Waals surface area contributed by atoms with E-state index in [4.69, 9.17) is 4.98 Å². The molecule has 0 radical (unpaired) electrons. The summed E-state index contributed by atoms with van der Waals surface area (Å²) in [5, 5.41) is 9.82. The molecule has 1 heterocycles. The second kappa shape index (κ2) is 8.12. The van der Waals surface area contributed by atoms with E-state index in [1.165, 1.54) is 32.6 Å². The Morgan fingerprint density at radius 2 is 1.63 bits per heavy atom. The number of pyridine rings is 1. The molecule has 1 N–H and O–H groups in total. The second-order valence-corrected chi connectivity index (χ2v) is 7.28. The van der Waals surface area contributed by atoms with Crippen LogP contribution in [0.5, 0.6) is 0 Å². The Morgan fingerprint density at radius 3 is 2.37 bits per heavy atom. The first kappa shape index (κ1) is 19.4. The number of aromatic nitrogens is 1. The summed E-state index contributed by atoms with van der Waals surface area (Å²) in [5.74, 6) is 0. The molecule has 0 aliphatic carbocycles. The van der Waals surface area contributed by atoms with E-state index in [0.29, 0.717) is 0 Å². The second-order valence-electron chi connectivity index (χ2n) is 7.28. The van der Waals surface area contributed by atoms with Crippen LogP contribution in [0.4, 0.5) is 5.69 Å². The molecule has 0 fully saturated rings. The first-order chi connectivity index (χ1) is 12.6. The molecule has 4 rings (SSSR count). The average Bonchev–Trinajstić information content (AvgIpc) is 2.63. The third-order valence-corrected chi connectivity index (χ3v) is 4.89. The summed E-state index contributed by atoms with van der Waals surface area (Å²) >= 11 is 0. The lowest BCUT2D eigenvalue weighted by Crippen LogP contribution is -2.16. The molecule has 4 heteroatoms. The normalized spacial score (nSPS) is 11.3. The fraction of sp³-hybridized carbons (Fsp3) is 0.261. The Hall–Kier alpha value is -2.36. The summed E-state index contributed by atoms with van der Waals surface area (Å²) in [7, 11) is 4.23. The number of nitrogens with zero attached hydrogens (tertiary/aromatic N) is 2. The Labute approximate surface area is 166 Å². The fourth-order valence-corrected chi connectivity index (χ4v) is 3.60. The van der Waals surface area contributed by atoms with Gasteiger partial charge < -0.3 is 10.2 Å². The van der Waals surface area contributed by atoms with E-state index in [9.17, 15) is 0 Å². The molecular formula is C23H26ClN3. The van der Waals surface area contributed by atoms with Gasteiger partial charge in [-0.15, -0.1) is 12.4 Å². The van der Waals surface area contributed by atoms with E-state index >= 15 is 0 Å². The van der Waals surface area contributed by atoms with Gasteiger partial charge in [-0.05, 0) is 68.3 Å². The summed E-state index contributed by atoms with van der Waals surface area (Å²) in [5.41, 5.74) is 3.32. The fourth-order valence-electron chi connectivity index (χ4n) is 3.60. The molecule has 0 amide bonds. The summed E-state index contributed by atoms with van der Waals surface area (Å²) < 4.78 is 0. The van der Waals surface area contributed by atoms with Crippen molar-refractivity contribution in [3.63, 3.8) is 0 Å². The molecule has 0 spiro atoms. The summed E-state index contributed by atoms with van der Waals surface area (Å²) in [6, 6.07) is 19.6. The molecule has 0 saturated carbocycles. The minimum absolute atomic E-state index is 0. The highest BCUT2D eigenvalue weighted by molar-refractivity contribution is 6.13. The van der Waals surface area contributed by atoms with Crippen LogP contribution in [0.25, 0.3) is 32.4 Å². The van der Waals surface area contributed by atoms with Crippen LogP contribution in [0.15, 0.2) is 54.6 Å². The molecule has 0 aliphatic heterocycles. The minimum Gasteiger partial charge on any atom is -0.384 e. The van der Waals surface area contributed by atoms with Crippen LogP contribution in [-0.2, 0) is 0 Å². The average molecular weight is 380 g/mol. The van der Waals surface area contributed by atoms with Gasteiger partial charge in [-0.25, -0.2) is 0 Å². The monoisotopic (exact) mass is 379 g/mol. The van der Waals surface area contributed by atoms with Crippen molar-refractivity contribution in [2.24, 2.45) is 0 Å². The highest BCUT2D eigenvalue weighted by atomic mass is 35.5. The molecule has 0 aliphatic rings. The number of aryl methyl sites for hydroxylation is 1. The van der Waals surface area contributed by atoms with Crippen LogP contribution >= 0.6 is 12.4 Å². The van der Waals surface area contributed by atoms with Crippen LogP contribution in [-0.4, -0.2) is 37.1 Å². The van der Waals surface area contributed by atoms with E-state index < -0.39 is 0 Å². The molecule has 4 aromatic rings. The number of anilines is 1. The SMILES string of the molecule is Cc1cc(NCCCN(C)C)c2ccc3cc4ccccc4cc3c2n1.Cl. The Kier molecular flexibility index (Phi) is 5.83. The topological polar surface area (TPSA) is 28.2 Å². The molecule has 27 heavy (non-hydrogen) atoms. The molecular weight excluding hydrogens is 354 g/mol. The van der Waals surface area contributed by atoms with E-state index in [1.807, 2.05) is 0 Å². The van der Waals surface area contributed by atoms with E-state index in [-0.39, 0.29) is 12.4 Å². The standard InChI is InChI=1S/C23H25N3.ClH/c1-16-13-22(24-11-6-12-26(2)3)20-10-9-19-14-17-7-4-5-8-18(17)15-21(19)23(20)25-16;/h4-5,7-10,13-15H,6,11-12H2,1-3H3,(H,24,25);1H. The zero-order valence-corrected chi connectivity index (χ0v) is 16.9. The van der Waals surface area contributed by atoms with Gasteiger partial charge >= 0.3 is 0 Å². The number of benzene rings is 3. The highest BCUT2D eigenvalue weighted by Gasteiger charge is 2.09. The molecule has 0 atom stereocenters. The van der Waals surface area contributed by atoms with Gasteiger partial charge in [-0.3, -0.25) is 4.98 Å². The smallest absolute Gasteiger partial charge is 0.0804 e. The van der Waals surface area contributed by atoms with Gasteiger partial charge in [0.2, 0.25) is 0 Å². The summed E-state index contributed by atoms with van der Waals surface area (Å²) in [4.78, 5) is 7.10. The van der Waals surface area contributed by atoms with Gasteiger partial charge in [0, 0.05) is 28.7 Å². The maximum absolute atomic E-state index is 4.88. The van der Waals surface area contributed by atoms with Crippen LogP contribution in [0.1, 0.15) is 12.1 Å². The largest absolute Gasteiger partial charge is 0.384 e. The molecule has 0 saturated heterocycles. The maximum atomic E-state index is 4.88. The van der Waals surface area contributed by atoms with Gasteiger partial charge in [0.15, 0.2) is 0 Å². The van der Waals surface area contributed by atoms with Crippen LogP contribution < -0.4 is 5.32 Å². The Balaban J connectivity index is 0.00000210. The number of hydrogen-bond donors (Lipinski definition) is 1. The summed E-state index contributed by atoms with van der Waals surface area (Å²) in [6.45, 7) is 4.13.